The summed E-state index contributed by atoms with van der Waals surface area (Å²) in [5, 5.41) is 0. The molecule has 2 aromatic carbocycles. The lowest BCUT2D eigenvalue weighted by atomic mass is 10.1. The molecule has 0 aliphatic heterocycles. The molecule has 0 bridgehead atoms. The van der Waals surface area contributed by atoms with Crippen LogP contribution >= 0.6 is 0 Å². The van der Waals surface area contributed by atoms with Crippen LogP contribution in [-0.4, -0.2) is 5.97 Å². The van der Waals surface area contributed by atoms with E-state index in [2.05, 4.69) is 13.8 Å². The predicted octanol–water partition coefficient (Wildman–Crippen LogP) is 5.20. The van der Waals surface area contributed by atoms with Crippen LogP contribution in [0.25, 0.3) is 0 Å². The van der Waals surface area contributed by atoms with Crippen LogP contribution in [-0.2, 0) is 12.8 Å². The van der Waals surface area contributed by atoms with Gasteiger partial charge in [0.05, 0.1) is 5.56 Å². The molecule has 0 aromatic heterocycles. The van der Waals surface area contributed by atoms with Gasteiger partial charge in [-0.05, 0) is 48.6 Å². The Morgan fingerprint density at radius 2 is 1.64 bits per heavy atom. The fourth-order valence-electron chi connectivity index (χ4n) is 2.43. The molecule has 0 saturated carbocycles. The second-order valence-electron chi connectivity index (χ2n) is 5.55. The van der Waals surface area contributed by atoms with Gasteiger partial charge in [-0.3, -0.25) is 0 Å². The summed E-state index contributed by atoms with van der Waals surface area (Å²) >= 11 is 0. The summed E-state index contributed by atoms with van der Waals surface area (Å²) in [6.07, 6.45) is 5.36. The van der Waals surface area contributed by atoms with Crippen LogP contribution in [0.15, 0.2) is 48.5 Å². The van der Waals surface area contributed by atoms with Gasteiger partial charge in [0.2, 0.25) is 0 Å². The molecule has 0 N–H and O–H groups in total. The lowest BCUT2D eigenvalue weighted by molar-refractivity contribution is 0.0733. The van der Waals surface area contributed by atoms with Gasteiger partial charge in [0, 0.05) is 0 Å². The van der Waals surface area contributed by atoms with Crippen LogP contribution in [0.2, 0.25) is 0 Å². The number of aryl methyl sites for hydroxylation is 2. The summed E-state index contributed by atoms with van der Waals surface area (Å²) in [5.41, 5.74) is 2.95. The highest BCUT2D eigenvalue weighted by molar-refractivity contribution is 5.91. The van der Waals surface area contributed by atoms with E-state index in [9.17, 15) is 4.79 Å². The summed E-state index contributed by atoms with van der Waals surface area (Å²) in [6, 6.07) is 15.5. The zero-order valence-corrected chi connectivity index (χ0v) is 13.5. The standard InChI is InChI=1S/C20H24O2/c1-3-5-9-16-12-14-18(15-13-16)20(21)22-19-11-7-6-10-17(19)8-4-2/h6-7,10-15H,3-5,8-9H2,1-2H3. The Labute approximate surface area is 133 Å². The van der Waals surface area contributed by atoms with Crippen LogP contribution in [0.4, 0.5) is 0 Å². The molecule has 2 rings (SSSR count). The Morgan fingerprint density at radius 3 is 2.32 bits per heavy atom. The largest absolute Gasteiger partial charge is 0.423 e. The zero-order chi connectivity index (χ0) is 15.8. The molecule has 0 aliphatic carbocycles. The average molecular weight is 296 g/mol. The first-order chi connectivity index (χ1) is 10.7. The van der Waals surface area contributed by atoms with Gasteiger partial charge in [0.25, 0.3) is 0 Å². The predicted molar refractivity (Wildman–Crippen MR) is 90.4 cm³/mol. The van der Waals surface area contributed by atoms with Gasteiger partial charge in [-0.2, -0.15) is 0 Å². The van der Waals surface area contributed by atoms with E-state index in [1.165, 1.54) is 18.4 Å². The average Bonchev–Trinajstić information content (AvgIpc) is 2.55. The van der Waals surface area contributed by atoms with E-state index in [4.69, 9.17) is 4.74 Å². The topological polar surface area (TPSA) is 26.3 Å². The molecule has 0 heterocycles. The van der Waals surface area contributed by atoms with Crippen molar-refractivity contribution in [2.24, 2.45) is 0 Å². The third-order valence-corrected chi connectivity index (χ3v) is 3.70. The van der Waals surface area contributed by atoms with Crippen molar-refractivity contribution in [3.63, 3.8) is 0 Å². The molecule has 2 nitrogen and oxygen atoms in total. The summed E-state index contributed by atoms with van der Waals surface area (Å²) in [4.78, 5) is 12.3. The normalized spacial score (nSPS) is 10.5. The van der Waals surface area contributed by atoms with Gasteiger partial charge in [0.15, 0.2) is 0 Å². The molecule has 0 saturated heterocycles. The van der Waals surface area contributed by atoms with Gasteiger partial charge < -0.3 is 4.74 Å². The monoisotopic (exact) mass is 296 g/mol. The van der Waals surface area contributed by atoms with Crippen molar-refractivity contribution in [3.05, 3.63) is 65.2 Å². The van der Waals surface area contributed by atoms with Crippen LogP contribution in [0, 0.1) is 0 Å². The number of para-hydroxylation sites is 1. The van der Waals surface area contributed by atoms with Gasteiger partial charge in [0.1, 0.15) is 5.75 Å². The van der Waals surface area contributed by atoms with Crippen molar-refractivity contribution in [2.45, 2.75) is 46.0 Å². The number of ether oxygens (including phenoxy) is 1. The zero-order valence-electron chi connectivity index (χ0n) is 13.5. The van der Waals surface area contributed by atoms with Crippen LogP contribution in [0.5, 0.6) is 5.75 Å². The SMILES string of the molecule is CCCCc1ccc(C(=O)Oc2ccccc2CCC)cc1. The Kier molecular flexibility index (Phi) is 6.20. The van der Waals surface area contributed by atoms with Crippen LogP contribution in [0.1, 0.15) is 54.6 Å². The maximum atomic E-state index is 12.3. The molecular weight excluding hydrogens is 272 g/mol. The summed E-state index contributed by atoms with van der Waals surface area (Å²) in [5.74, 6) is 0.384. The lowest BCUT2D eigenvalue weighted by Gasteiger charge is -2.09. The number of carbonyl (C=O) groups is 1. The van der Waals surface area contributed by atoms with E-state index < -0.39 is 0 Å². The number of esters is 1. The molecule has 2 aromatic rings. The van der Waals surface area contributed by atoms with Gasteiger partial charge in [-0.15, -0.1) is 0 Å². The molecule has 0 atom stereocenters. The van der Waals surface area contributed by atoms with Crippen molar-refractivity contribution in [2.75, 3.05) is 0 Å². The van der Waals surface area contributed by atoms with Crippen molar-refractivity contribution < 1.29 is 9.53 Å². The summed E-state index contributed by atoms with van der Waals surface area (Å²) < 4.78 is 5.57. The van der Waals surface area contributed by atoms with E-state index in [-0.39, 0.29) is 5.97 Å². The number of rotatable bonds is 7. The first-order valence-corrected chi connectivity index (χ1v) is 8.13. The molecule has 116 valence electrons. The number of hydrogen-bond acceptors (Lipinski definition) is 2. The summed E-state index contributed by atoms with van der Waals surface area (Å²) in [6.45, 7) is 4.30. The molecule has 2 heteroatoms. The first kappa shape index (κ1) is 16.3. The highest BCUT2D eigenvalue weighted by Crippen LogP contribution is 2.21. The Morgan fingerprint density at radius 1 is 0.909 bits per heavy atom. The molecule has 0 aliphatic rings. The minimum Gasteiger partial charge on any atom is -0.423 e. The number of unbranched alkanes of at least 4 members (excludes halogenated alkanes) is 1. The van der Waals surface area contributed by atoms with E-state index in [1.54, 1.807) is 0 Å². The minimum absolute atomic E-state index is 0.286. The molecule has 0 fully saturated rings. The van der Waals surface area contributed by atoms with Crippen LogP contribution < -0.4 is 4.74 Å². The molecule has 0 spiro atoms. The second-order valence-corrected chi connectivity index (χ2v) is 5.55. The van der Waals surface area contributed by atoms with Crippen molar-refractivity contribution >= 4 is 5.97 Å². The van der Waals surface area contributed by atoms with E-state index in [0.717, 1.165) is 24.8 Å². The van der Waals surface area contributed by atoms with Gasteiger partial charge in [-0.1, -0.05) is 57.0 Å². The highest BCUT2D eigenvalue weighted by atomic mass is 16.5. The Balaban J connectivity index is 2.06. The molecule has 0 amide bonds. The molecule has 22 heavy (non-hydrogen) atoms. The maximum absolute atomic E-state index is 12.3. The van der Waals surface area contributed by atoms with Crippen molar-refractivity contribution in [3.8, 4) is 5.75 Å². The fraction of sp³-hybridized carbons (Fsp3) is 0.350. The van der Waals surface area contributed by atoms with Crippen molar-refractivity contribution in [1.82, 2.24) is 0 Å². The number of benzene rings is 2. The van der Waals surface area contributed by atoms with Crippen molar-refractivity contribution in [1.29, 1.82) is 0 Å². The Hall–Kier alpha value is -2.09. The fourth-order valence-corrected chi connectivity index (χ4v) is 2.43. The Bertz CT molecular complexity index is 599. The third-order valence-electron chi connectivity index (χ3n) is 3.70. The highest BCUT2D eigenvalue weighted by Gasteiger charge is 2.11. The summed E-state index contributed by atoms with van der Waals surface area (Å²) in [7, 11) is 0. The van der Waals surface area contributed by atoms with Gasteiger partial charge >= 0.3 is 5.97 Å². The second kappa shape index (κ2) is 8.38. The van der Waals surface area contributed by atoms with Crippen LogP contribution in [0.3, 0.4) is 0 Å². The smallest absolute Gasteiger partial charge is 0.343 e. The lowest BCUT2D eigenvalue weighted by Crippen LogP contribution is -2.10. The molecular formula is C20H24O2. The number of carbonyl (C=O) groups excluding carboxylic acids is 1. The van der Waals surface area contributed by atoms with E-state index >= 15 is 0 Å². The van der Waals surface area contributed by atoms with E-state index in [0.29, 0.717) is 11.3 Å². The number of hydrogen-bond donors (Lipinski definition) is 0. The first-order valence-electron chi connectivity index (χ1n) is 8.13. The minimum atomic E-state index is -0.286. The van der Waals surface area contributed by atoms with E-state index in [1.807, 2.05) is 48.5 Å². The maximum Gasteiger partial charge on any atom is 0.343 e. The van der Waals surface area contributed by atoms with Gasteiger partial charge in [-0.25, -0.2) is 4.79 Å². The molecule has 0 unspecified atom stereocenters. The third kappa shape index (κ3) is 4.45. The molecule has 0 radical (unpaired) electrons. The quantitative estimate of drug-likeness (QED) is 0.518.